The van der Waals surface area contributed by atoms with E-state index in [2.05, 4.69) is 5.10 Å². The second-order valence-corrected chi connectivity index (χ2v) is 10.8. The number of sulfone groups is 1. The average Bonchev–Trinajstić information content (AvgIpc) is 3.20. The van der Waals surface area contributed by atoms with Crippen LogP contribution in [0.15, 0.2) is 53.4 Å². The summed E-state index contributed by atoms with van der Waals surface area (Å²) in [6, 6.07) is 14.4. The SMILES string of the molecule is Cc1nc2c3ccccc3nn2c(C)c1CCC(=O)N(C)CCCOc1cccc(S(C)(=O)=O)c1. The van der Waals surface area contributed by atoms with Crippen LogP contribution in [0, 0.1) is 13.8 Å². The summed E-state index contributed by atoms with van der Waals surface area (Å²) in [5, 5.41) is 5.70. The molecule has 2 aromatic heterocycles. The molecule has 0 unspecified atom stereocenters. The number of aromatic nitrogens is 3. The minimum Gasteiger partial charge on any atom is -0.493 e. The van der Waals surface area contributed by atoms with Gasteiger partial charge in [-0.25, -0.2) is 17.9 Å². The number of nitrogens with zero attached hydrogens (tertiary/aromatic N) is 4. The average molecular weight is 495 g/mol. The summed E-state index contributed by atoms with van der Waals surface area (Å²) in [6.45, 7) is 4.93. The van der Waals surface area contributed by atoms with Crippen LogP contribution >= 0.6 is 0 Å². The van der Waals surface area contributed by atoms with Crippen molar-refractivity contribution in [1.29, 1.82) is 0 Å². The van der Waals surface area contributed by atoms with Crippen molar-refractivity contribution < 1.29 is 17.9 Å². The van der Waals surface area contributed by atoms with E-state index >= 15 is 0 Å². The second-order valence-electron chi connectivity index (χ2n) is 8.78. The summed E-state index contributed by atoms with van der Waals surface area (Å²) < 4.78 is 30.9. The molecule has 9 heteroatoms. The number of hydrogen-bond acceptors (Lipinski definition) is 6. The van der Waals surface area contributed by atoms with Crippen LogP contribution in [0.3, 0.4) is 0 Å². The van der Waals surface area contributed by atoms with E-state index in [0.717, 1.165) is 33.5 Å². The fourth-order valence-electron chi connectivity index (χ4n) is 4.17. The van der Waals surface area contributed by atoms with Crippen molar-refractivity contribution in [3.8, 4) is 5.75 Å². The topological polar surface area (TPSA) is 93.9 Å². The molecule has 184 valence electrons. The third kappa shape index (κ3) is 5.45. The molecule has 0 bridgehead atoms. The van der Waals surface area contributed by atoms with Crippen molar-refractivity contribution in [2.45, 2.75) is 38.0 Å². The van der Waals surface area contributed by atoms with E-state index in [1.54, 1.807) is 30.1 Å². The summed E-state index contributed by atoms with van der Waals surface area (Å²) in [7, 11) is -1.49. The molecule has 8 nitrogen and oxygen atoms in total. The van der Waals surface area contributed by atoms with E-state index in [0.29, 0.717) is 38.2 Å². The van der Waals surface area contributed by atoms with Crippen molar-refractivity contribution in [2.75, 3.05) is 26.5 Å². The van der Waals surface area contributed by atoms with Gasteiger partial charge in [-0.3, -0.25) is 4.79 Å². The molecule has 0 fully saturated rings. The lowest BCUT2D eigenvalue weighted by Gasteiger charge is -2.18. The number of rotatable bonds is 9. The van der Waals surface area contributed by atoms with Crippen LogP contribution in [-0.2, 0) is 21.1 Å². The maximum absolute atomic E-state index is 12.7. The number of carbonyl (C=O) groups excluding carboxylic acids is 1. The summed E-state index contributed by atoms with van der Waals surface area (Å²) in [6.07, 6.45) is 2.77. The largest absolute Gasteiger partial charge is 0.493 e. The van der Waals surface area contributed by atoms with E-state index in [1.165, 1.54) is 12.3 Å². The number of ether oxygens (including phenoxy) is 1. The Hall–Kier alpha value is -3.46. The van der Waals surface area contributed by atoms with Gasteiger partial charge in [0.1, 0.15) is 5.75 Å². The standard InChI is InChI=1S/C26H30N4O4S/c1-18-22(19(2)30-26(27-18)23-11-5-6-12-24(23)28-30)13-14-25(31)29(3)15-8-16-34-20-9-7-10-21(17-20)35(4,32)33/h5-7,9-12,17H,8,13-16H2,1-4H3. The number of amides is 1. The lowest BCUT2D eigenvalue weighted by Crippen LogP contribution is -2.29. The summed E-state index contributed by atoms with van der Waals surface area (Å²) >= 11 is 0. The Balaban J connectivity index is 1.32. The molecule has 0 aliphatic heterocycles. The van der Waals surface area contributed by atoms with E-state index in [-0.39, 0.29) is 10.8 Å². The van der Waals surface area contributed by atoms with Gasteiger partial charge in [0.2, 0.25) is 5.91 Å². The van der Waals surface area contributed by atoms with Gasteiger partial charge in [-0.05, 0) is 62.6 Å². The highest BCUT2D eigenvalue weighted by molar-refractivity contribution is 7.90. The zero-order valence-electron chi connectivity index (χ0n) is 20.5. The van der Waals surface area contributed by atoms with Gasteiger partial charge in [0.25, 0.3) is 0 Å². The molecular weight excluding hydrogens is 464 g/mol. The first-order valence-corrected chi connectivity index (χ1v) is 13.4. The smallest absolute Gasteiger partial charge is 0.222 e. The molecule has 0 aliphatic carbocycles. The first kappa shape index (κ1) is 24.7. The first-order chi connectivity index (χ1) is 16.6. The van der Waals surface area contributed by atoms with E-state index in [9.17, 15) is 13.2 Å². The summed E-state index contributed by atoms with van der Waals surface area (Å²) in [5.74, 6) is 0.552. The summed E-state index contributed by atoms with van der Waals surface area (Å²) in [4.78, 5) is 19.4. The van der Waals surface area contributed by atoms with Crippen molar-refractivity contribution in [1.82, 2.24) is 19.5 Å². The molecule has 4 rings (SSSR count). The highest BCUT2D eigenvalue weighted by Gasteiger charge is 2.16. The van der Waals surface area contributed by atoms with Crippen molar-refractivity contribution in [3.63, 3.8) is 0 Å². The highest BCUT2D eigenvalue weighted by atomic mass is 32.2. The van der Waals surface area contributed by atoms with Gasteiger partial charge >= 0.3 is 0 Å². The fourth-order valence-corrected chi connectivity index (χ4v) is 4.83. The Morgan fingerprint density at radius 2 is 1.89 bits per heavy atom. The van der Waals surface area contributed by atoms with Gasteiger partial charge in [0.15, 0.2) is 15.5 Å². The highest BCUT2D eigenvalue weighted by Crippen LogP contribution is 2.23. The number of aryl methyl sites for hydroxylation is 2. The van der Waals surface area contributed by atoms with Gasteiger partial charge in [-0.15, -0.1) is 0 Å². The van der Waals surface area contributed by atoms with Gasteiger partial charge < -0.3 is 9.64 Å². The van der Waals surface area contributed by atoms with Gasteiger partial charge in [0, 0.05) is 43.0 Å². The molecule has 2 heterocycles. The van der Waals surface area contributed by atoms with Crippen LogP contribution in [0.4, 0.5) is 0 Å². The van der Waals surface area contributed by atoms with Gasteiger partial charge in [-0.2, -0.15) is 5.10 Å². The van der Waals surface area contributed by atoms with Crippen LogP contribution < -0.4 is 4.74 Å². The van der Waals surface area contributed by atoms with Crippen LogP contribution in [0.2, 0.25) is 0 Å². The van der Waals surface area contributed by atoms with Crippen LogP contribution in [0.5, 0.6) is 5.75 Å². The molecule has 2 aromatic carbocycles. The number of hydrogen-bond donors (Lipinski definition) is 0. The Labute approximate surface area is 205 Å². The molecular formula is C26H30N4O4S. The molecule has 35 heavy (non-hydrogen) atoms. The predicted molar refractivity (Wildman–Crippen MR) is 136 cm³/mol. The van der Waals surface area contributed by atoms with E-state index in [4.69, 9.17) is 9.72 Å². The summed E-state index contributed by atoms with van der Waals surface area (Å²) in [5.41, 5.74) is 4.71. The predicted octanol–water partition coefficient (Wildman–Crippen LogP) is 3.76. The van der Waals surface area contributed by atoms with Crippen molar-refractivity contribution in [3.05, 3.63) is 65.5 Å². The van der Waals surface area contributed by atoms with Gasteiger partial charge in [0.05, 0.1) is 17.0 Å². The quantitative estimate of drug-likeness (QED) is 0.329. The maximum atomic E-state index is 12.7. The maximum Gasteiger partial charge on any atom is 0.222 e. The molecule has 0 radical (unpaired) electrons. The Morgan fingerprint density at radius 1 is 1.11 bits per heavy atom. The van der Waals surface area contributed by atoms with Crippen LogP contribution in [-0.4, -0.2) is 60.3 Å². The lowest BCUT2D eigenvalue weighted by molar-refractivity contribution is -0.129. The fraction of sp³-hybridized carbons (Fsp3) is 0.346. The lowest BCUT2D eigenvalue weighted by atomic mass is 10.1. The zero-order chi connectivity index (χ0) is 25.2. The molecule has 0 atom stereocenters. The molecule has 4 aromatic rings. The third-order valence-electron chi connectivity index (χ3n) is 6.17. The Kier molecular flexibility index (Phi) is 7.07. The first-order valence-electron chi connectivity index (χ1n) is 11.6. The molecule has 0 saturated heterocycles. The number of benzene rings is 2. The molecule has 0 saturated carbocycles. The Morgan fingerprint density at radius 3 is 2.66 bits per heavy atom. The molecule has 0 aliphatic rings. The minimum atomic E-state index is -3.28. The Bertz CT molecular complexity index is 1490. The zero-order valence-corrected chi connectivity index (χ0v) is 21.3. The number of fused-ring (bicyclic) bond motifs is 3. The van der Waals surface area contributed by atoms with E-state index in [1.807, 2.05) is 42.6 Å². The normalized spacial score (nSPS) is 11.8. The van der Waals surface area contributed by atoms with Gasteiger partial charge in [-0.1, -0.05) is 18.2 Å². The monoisotopic (exact) mass is 494 g/mol. The minimum absolute atomic E-state index is 0.0496. The van der Waals surface area contributed by atoms with Crippen LogP contribution in [0.25, 0.3) is 16.6 Å². The van der Waals surface area contributed by atoms with E-state index < -0.39 is 9.84 Å². The molecule has 0 N–H and O–H groups in total. The second kappa shape index (κ2) is 10.0. The molecule has 0 spiro atoms. The molecule has 1 amide bonds. The van der Waals surface area contributed by atoms with Crippen molar-refractivity contribution >= 4 is 32.3 Å². The number of carbonyl (C=O) groups is 1. The van der Waals surface area contributed by atoms with Crippen molar-refractivity contribution in [2.24, 2.45) is 0 Å². The third-order valence-corrected chi connectivity index (χ3v) is 7.28. The van der Waals surface area contributed by atoms with Crippen LogP contribution in [0.1, 0.15) is 29.8 Å².